The highest BCUT2D eigenvalue weighted by atomic mass is 16.5. The second-order valence-electron chi connectivity index (χ2n) is 2.47. The Morgan fingerprint density at radius 2 is 2.50 bits per heavy atom. The second kappa shape index (κ2) is 3.40. The third kappa shape index (κ3) is 1.87. The molecule has 1 aliphatic rings. The van der Waals surface area contributed by atoms with Crippen molar-refractivity contribution in [1.29, 1.82) is 0 Å². The first kappa shape index (κ1) is 7.32. The highest BCUT2D eigenvalue weighted by molar-refractivity contribution is 5.92. The Kier molecular flexibility index (Phi) is 2.49. The quantitative estimate of drug-likeness (QED) is 0.596. The number of rotatable bonds is 3. The zero-order valence-corrected chi connectivity index (χ0v) is 6.22. The van der Waals surface area contributed by atoms with E-state index in [9.17, 15) is 4.79 Å². The molecule has 0 fully saturated rings. The van der Waals surface area contributed by atoms with E-state index in [4.69, 9.17) is 4.74 Å². The van der Waals surface area contributed by atoms with Gasteiger partial charge in [0.25, 0.3) is 0 Å². The molecule has 10 heavy (non-hydrogen) atoms. The van der Waals surface area contributed by atoms with Crippen LogP contribution in [0, 0.1) is 0 Å². The maximum atomic E-state index is 10.6. The Morgan fingerprint density at radius 3 is 3.00 bits per heavy atom. The van der Waals surface area contributed by atoms with Crippen LogP contribution in [-0.4, -0.2) is 12.4 Å². The molecule has 0 N–H and O–H groups in total. The van der Waals surface area contributed by atoms with E-state index in [1.54, 1.807) is 6.08 Å². The van der Waals surface area contributed by atoms with E-state index in [1.807, 2.05) is 0 Å². The van der Waals surface area contributed by atoms with Crippen LogP contribution in [0.25, 0.3) is 0 Å². The molecule has 1 rings (SSSR count). The van der Waals surface area contributed by atoms with Gasteiger partial charge in [-0.25, -0.2) is 0 Å². The van der Waals surface area contributed by atoms with Crippen LogP contribution in [0.2, 0.25) is 0 Å². The number of ether oxygens (including phenoxy) is 1. The first-order valence-corrected chi connectivity index (χ1v) is 3.69. The predicted octanol–water partition coefficient (Wildman–Crippen LogP) is 1.66. The van der Waals surface area contributed by atoms with Crippen LogP contribution < -0.4 is 0 Å². The number of carbonyl (C=O) groups is 1. The van der Waals surface area contributed by atoms with Crippen molar-refractivity contribution in [2.75, 3.05) is 6.61 Å². The summed E-state index contributed by atoms with van der Waals surface area (Å²) < 4.78 is 5.08. The first-order valence-electron chi connectivity index (χ1n) is 3.69. The summed E-state index contributed by atoms with van der Waals surface area (Å²) in [5, 5.41) is 0. The average molecular weight is 140 g/mol. The molecule has 2 nitrogen and oxygen atoms in total. The summed E-state index contributed by atoms with van der Waals surface area (Å²) in [5.41, 5.74) is 0. The summed E-state index contributed by atoms with van der Waals surface area (Å²) in [5.74, 6) is 0.970. The highest BCUT2D eigenvalue weighted by Gasteiger charge is 2.11. The zero-order valence-electron chi connectivity index (χ0n) is 6.22. The van der Waals surface area contributed by atoms with Crippen molar-refractivity contribution in [2.45, 2.75) is 26.2 Å². The molecule has 0 bridgehead atoms. The van der Waals surface area contributed by atoms with E-state index in [0.717, 1.165) is 25.0 Å². The van der Waals surface area contributed by atoms with Crippen LogP contribution >= 0.6 is 0 Å². The fraction of sp³-hybridized carbons (Fsp3) is 0.625. The molecule has 56 valence electrons. The molecule has 1 aliphatic heterocycles. The maximum absolute atomic E-state index is 10.6. The van der Waals surface area contributed by atoms with Gasteiger partial charge >= 0.3 is 0 Å². The van der Waals surface area contributed by atoms with Gasteiger partial charge < -0.3 is 4.74 Å². The molecule has 0 aromatic rings. The fourth-order valence-electron chi connectivity index (χ4n) is 0.922. The van der Waals surface area contributed by atoms with Crippen molar-refractivity contribution in [3.05, 3.63) is 11.8 Å². The monoisotopic (exact) mass is 140 g/mol. The van der Waals surface area contributed by atoms with Crippen molar-refractivity contribution in [3.63, 3.8) is 0 Å². The fourth-order valence-corrected chi connectivity index (χ4v) is 0.922. The molecule has 0 atom stereocenters. The van der Waals surface area contributed by atoms with E-state index in [0.29, 0.717) is 0 Å². The third-order valence-electron chi connectivity index (χ3n) is 1.50. The van der Waals surface area contributed by atoms with Gasteiger partial charge in [-0.05, 0) is 6.42 Å². The van der Waals surface area contributed by atoms with Gasteiger partial charge in [-0.15, -0.1) is 0 Å². The molecule has 0 saturated heterocycles. The Balaban J connectivity index is 2.28. The minimum atomic E-state index is 0.103. The molecule has 1 heterocycles. The SMILES string of the molecule is CCCCC1=CC(=O)CO1. The molecular weight excluding hydrogens is 128 g/mol. The number of ketones is 1. The number of hydrogen-bond acceptors (Lipinski definition) is 2. The van der Waals surface area contributed by atoms with E-state index in [-0.39, 0.29) is 12.4 Å². The summed E-state index contributed by atoms with van der Waals surface area (Å²) >= 11 is 0. The lowest BCUT2D eigenvalue weighted by Crippen LogP contribution is -1.92. The van der Waals surface area contributed by atoms with Crippen LogP contribution in [0.3, 0.4) is 0 Å². The predicted molar refractivity (Wildman–Crippen MR) is 38.6 cm³/mol. The largest absolute Gasteiger partial charge is 0.490 e. The van der Waals surface area contributed by atoms with Crippen molar-refractivity contribution in [2.24, 2.45) is 0 Å². The lowest BCUT2D eigenvalue weighted by molar-refractivity contribution is -0.115. The summed E-state index contributed by atoms with van der Waals surface area (Å²) in [6.07, 6.45) is 4.78. The normalized spacial score (nSPS) is 16.9. The average Bonchev–Trinajstić information content (AvgIpc) is 2.31. The Hall–Kier alpha value is -0.790. The number of carbonyl (C=O) groups excluding carboxylic acids is 1. The van der Waals surface area contributed by atoms with Crippen molar-refractivity contribution in [3.8, 4) is 0 Å². The topological polar surface area (TPSA) is 26.3 Å². The van der Waals surface area contributed by atoms with Crippen LogP contribution in [0.4, 0.5) is 0 Å². The summed E-state index contributed by atoms with van der Waals surface area (Å²) in [6, 6.07) is 0. The van der Waals surface area contributed by atoms with E-state index >= 15 is 0 Å². The van der Waals surface area contributed by atoms with Gasteiger partial charge in [0.1, 0.15) is 5.76 Å². The molecule has 0 aliphatic carbocycles. The summed E-state index contributed by atoms with van der Waals surface area (Å²) in [4.78, 5) is 10.6. The molecule has 0 amide bonds. The standard InChI is InChI=1S/C8H12O2/c1-2-3-4-8-5-7(9)6-10-8/h5H,2-4,6H2,1H3. The molecule has 0 radical (unpaired) electrons. The van der Waals surface area contributed by atoms with Crippen LogP contribution in [-0.2, 0) is 9.53 Å². The Labute approximate surface area is 60.9 Å². The van der Waals surface area contributed by atoms with Crippen LogP contribution in [0.15, 0.2) is 11.8 Å². The number of allylic oxidation sites excluding steroid dienone is 1. The summed E-state index contributed by atoms with van der Waals surface area (Å²) in [7, 11) is 0. The lowest BCUT2D eigenvalue weighted by Gasteiger charge is -1.98. The molecular formula is C8H12O2. The van der Waals surface area contributed by atoms with E-state index < -0.39 is 0 Å². The minimum Gasteiger partial charge on any atom is -0.490 e. The molecule has 0 saturated carbocycles. The van der Waals surface area contributed by atoms with Gasteiger partial charge in [0.2, 0.25) is 0 Å². The molecule has 0 spiro atoms. The van der Waals surface area contributed by atoms with E-state index in [2.05, 4.69) is 6.92 Å². The van der Waals surface area contributed by atoms with Crippen molar-refractivity contribution < 1.29 is 9.53 Å². The highest BCUT2D eigenvalue weighted by Crippen LogP contribution is 2.13. The minimum absolute atomic E-state index is 0.103. The molecule has 2 heteroatoms. The molecule has 0 aromatic heterocycles. The third-order valence-corrected chi connectivity index (χ3v) is 1.50. The van der Waals surface area contributed by atoms with Gasteiger partial charge in [-0.3, -0.25) is 4.79 Å². The van der Waals surface area contributed by atoms with Crippen molar-refractivity contribution >= 4 is 5.78 Å². The van der Waals surface area contributed by atoms with Gasteiger partial charge in [-0.2, -0.15) is 0 Å². The molecule has 0 aromatic carbocycles. The van der Waals surface area contributed by atoms with Gasteiger partial charge in [0.05, 0.1) is 0 Å². The van der Waals surface area contributed by atoms with Gasteiger partial charge in [-0.1, -0.05) is 13.3 Å². The zero-order chi connectivity index (χ0) is 7.40. The molecule has 0 unspecified atom stereocenters. The van der Waals surface area contributed by atoms with Crippen LogP contribution in [0.5, 0.6) is 0 Å². The number of unbranched alkanes of at least 4 members (excludes halogenated alkanes) is 1. The second-order valence-corrected chi connectivity index (χ2v) is 2.47. The summed E-state index contributed by atoms with van der Waals surface area (Å²) in [6.45, 7) is 2.39. The maximum Gasteiger partial charge on any atom is 0.196 e. The smallest absolute Gasteiger partial charge is 0.196 e. The van der Waals surface area contributed by atoms with E-state index in [1.165, 1.54) is 0 Å². The number of hydrogen-bond donors (Lipinski definition) is 0. The van der Waals surface area contributed by atoms with Crippen LogP contribution in [0.1, 0.15) is 26.2 Å². The first-order chi connectivity index (χ1) is 4.83. The van der Waals surface area contributed by atoms with Gasteiger partial charge in [0.15, 0.2) is 12.4 Å². The Morgan fingerprint density at radius 1 is 1.70 bits per heavy atom. The Bertz CT molecular complexity index is 159. The lowest BCUT2D eigenvalue weighted by atomic mass is 10.2. The van der Waals surface area contributed by atoms with Gasteiger partial charge in [0, 0.05) is 12.5 Å². The van der Waals surface area contributed by atoms with Crippen molar-refractivity contribution in [1.82, 2.24) is 0 Å².